The van der Waals surface area contributed by atoms with Crippen LogP contribution in [-0.2, 0) is 14.3 Å². The van der Waals surface area contributed by atoms with Crippen molar-refractivity contribution >= 4 is 5.97 Å². The van der Waals surface area contributed by atoms with Gasteiger partial charge in [-0.25, -0.2) is 0 Å². The quantitative estimate of drug-likeness (QED) is 0.521. The highest BCUT2D eigenvalue weighted by Gasteiger charge is 2.14. The van der Waals surface area contributed by atoms with Crippen molar-refractivity contribution < 1.29 is 14.3 Å². The predicted octanol–water partition coefficient (Wildman–Crippen LogP) is 1.74. The van der Waals surface area contributed by atoms with Crippen LogP contribution in [-0.4, -0.2) is 38.9 Å². The summed E-state index contributed by atoms with van der Waals surface area (Å²) >= 11 is 0. The molecule has 1 N–H and O–H groups in total. The van der Waals surface area contributed by atoms with Gasteiger partial charge in [-0.1, -0.05) is 6.92 Å². The molecule has 1 atom stereocenters. The predicted molar refractivity (Wildman–Crippen MR) is 66.9 cm³/mol. The van der Waals surface area contributed by atoms with E-state index in [4.69, 9.17) is 9.47 Å². The molecular formula is C13H25NO3. The lowest BCUT2D eigenvalue weighted by atomic mass is 9.95. The Kier molecular flexibility index (Phi) is 8.01. The van der Waals surface area contributed by atoms with E-state index >= 15 is 0 Å². The molecule has 17 heavy (non-hydrogen) atoms. The van der Waals surface area contributed by atoms with Crippen molar-refractivity contribution in [2.75, 3.05) is 32.9 Å². The number of piperidine rings is 1. The van der Waals surface area contributed by atoms with Crippen LogP contribution in [0.4, 0.5) is 0 Å². The van der Waals surface area contributed by atoms with E-state index in [1.54, 1.807) is 0 Å². The van der Waals surface area contributed by atoms with Gasteiger partial charge < -0.3 is 14.8 Å². The van der Waals surface area contributed by atoms with Crippen LogP contribution in [0.1, 0.15) is 39.0 Å². The zero-order valence-corrected chi connectivity index (χ0v) is 10.9. The second kappa shape index (κ2) is 9.42. The number of carbonyl (C=O) groups is 1. The zero-order valence-electron chi connectivity index (χ0n) is 10.9. The first kappa shape index (κ1) is 14.5. The van der Waals surface area contributed by atoms with E-state index in [-0.39, 0.29) is 5.97 Å². The molecule has 1 aliphatic heterocycles. The molecule has 1 rings (SSSR count). The van der Waals surface area contributed by atoms with Crippen molar-refractivity contribution in [3.05, 3.63) is 0 Å². The van der Waals surface area contributed by atoms with Crippen LogP contribution in [0.5, 0.6) is 0 Å². The minimum absolute atomic E-state index is 0.0873. The molecule has 4 nitrogen and oxygen atoms in total. The monoisotopic (exact) mass is 243 g/mol. The van der Waals surface area contributed by atoms with Gasteiger partial charge in [-0.2, -0.15) is 0 Å². The molecule has 1 unspecified atom stereocenters. The van der Waals surface area contributed by atoms with Crippen molar-refractivity contribution in [2.45, 2.75) is 39.0 Å². The maximum absolute atomic E-state index is 11.4. The molecular weight excluding hydrogens is 218 g/mol. The summed E-state index contributed by atoms with van der Waals surface area (Å²) in [5.41, 5.74) is 0. The Balaban J connectivity index is 1.93. The summed E-state index contributed by atoms with van der Waals surface area (Å²) in [6.45, 7) is 5.88. The molecule has 1 aliphatic rings. The first-order chi connectivity index (χ1) is 8.33. The smallest absolute Gasteiger partial charge is 0.305 e. The van der Waals surface area contributed by atoms with Gasteiger partial charge in [0.15, 0.2) is 0 Å². The third-order valence-corrected chi connectivity index (χ3v) is 2.99. The summed E-state index contributed by atoms with van der Waals surface area (Å²) in [6, 6.07) is 0. The molecule has 0 amide bonds. The average Bonchev–Trinajstić information content (AvgIpc) is 2.37. The van der Waals surface area contributed by atoms with E-state index < -0.39 is 0 Å². The number of ether oxygens (including phenoxy) is 2. The van der Waals surface area contributed by atoms with Crippen LogP contribution < -0.4 is 5.32 Å². The van der Waals surface area contributed by atoms with Crippen LogP contribution in [0.15, 0.2) is 0 Å². The highest BCUT2D eigenvalue weighted by Crippen LogP contribution is 2.15. The lowest BCUT2D eigenvalue weighted by Gasteiger charge is -2.22. The van der Waals surface area contributed by atoms with E-state index in [1.807, 2.05) is 0 Å². The summed E-state index contributed by atoms with van der Waals surface area (Å²) < 4.78 is 10.3. The Bertz CT molecular complexity index is 203. The Morgan fingerprint density at radius 2 is 2.24 bits per heavy atom. The minimum Gasteiger partial charge on any atom is -0.463 e. The Morgan fingerprint density at radius 3 is 2.94 bits per heavy atom. The third-order valence-electron chi connectivity index (χ3n) is 2.99. The fourth-order valence-electron chi connectivity index (χ4n) is 2.03. The normalized spacial score (nSPS) is 20.2. The summed E-state index contributed by atoms with van der Waals surface area (Å²) in [5, 5.41) is 3.35. The molecule has 1 fully saturated rings. The van der Waals surface area contributed by atoms with Gasteiger partial charge in [0.2, 0.25) is 0 Å². The van der Waals surface area contributed by atoms with Gasteiger partial charge in [0.1, 0.15) is 6.61 Å². The largest absolute Gasteiger partial charge is 0.463 e. The maximum Gasteiger partial charge on any atom is 0.305 e. The average molecular weight is 243 g/mol. The molecule has 0 aromatic carbocycles. The van der Waals surface area contributed by atoms with Crippen LogP contribution in [0, 0.1) is 5.92 Å². The van der Waals surface area contributed by atoms with Gasteiger partial charge >= 0.3 is 5.97 Å². The third kappa shape index (κ3) is 7.34. The number of hydrogen-bond donors (Lipinski definition) is 1. The van der Waals surface area contributed by atoms with Crippen LogP contribution in [0.3, 0.4) is 0 Å². The van der Waals surface area contributed by atoms with Crippen LogP contribution in [0.25, 0.3) is 0 Å². The molecule has 0 aromatic rings. The second-order valence-corrected chi connectivity index (χ2v) is 4.58. The highest BCUT2D eigenvalue weighted by molar-refractivity contribution is 5.69. The maximum atomic E-state index is 11.4. The van der Waals surface area contributed by atoms with Gasteiger partial charge in [-0.15, -0.1) is 0 Å². The number of carbonyl (C=O) groups excluding carboxylic acids is 1. The molecule has 0 aliphatic carbocycles. The first-order valence-electron chi connectivity index (χ1n) is 6.77. The Morgan fingerprint density at radius 1 is 1.35 bits per heavy atom. The lowest BCUT2D eigenvalue weighted by molar-refractivity contribution is -0.145. The fourth-order valence-corrected chi connectivity index (χ4v) is 2.03. The fraction of sp³-hybridized carbons (Fsp3) is 0.923. The van der Waals surface area contributed by atoms with Crippen molar-refractivity contribution in [3.63, 3.8) is 0 Å². The van der Waals surface area contributed by atoms with Gasteiger partial charge in [0.05, 0.1) is 6.61 Å². The van der Waals surface area contributed by atoms with Crippen LogP contribution in [0.2, 0.25) is 0 Å². The molecule has 4 heteroatoms. The van der Waals surface area contributed by atoms with Crippen molar-refractivity contribution in [2.24, 2.45) is 5.92 Å². The highest BCUT2D eigenvalue weighted by atomic mass is 16.6. The number of rotatable bonds is 8. The summed E-state index contributed by atoms with van der Waals surface area (Å²) in [4.78, 5) is 11.4. The molecule has 0 spiro atoms. The SMILES string of the molecule is CCCOCCOC(=O)CCC1CCCNC1. The molecule has 1 saturated heterocycles. The van der Waals surface area contributed by atoms with E-state index in [0.717, 1.165) is 32.5 Å². The number of hydrogen-bond acceptors (Lipinski definition) is 4. The molecule has 0 radical (unpaired) electrons. The Labute approximate surface area is 104 Å². The van der Waals surface area contributed by atoms with Crippen molar-refractivity contribution in [1.29, 1.82) is 0 Å². The van der Waals surface area contributed by atoms with Gasteiger partial charge in [-0.05, 0) is 44.7 Å². The van der Waals surface area contributed by atoms with E-state index in [9.17, 15) is 4.79 Å². The minimum atomic E-state index is -0.0873. The van der Waals surface area contributed by atoms with E-state index in [0.29, 0.717) is 25.6 Å². The van der Waals surface area contributed by atoms with Gasteiger partial charge in [0.25, 0.3) is 0 Å². The van der Waals surface area contributed by atoms with Crippen molar-refractivity contribution in [3.8, 4) is 0 Å². The summed E-state index contributed by atoms with van der Waals surface area (Å²) in [7, 11) is 0. The topological polar surface area (TPSA) is 47.6 Å². The van der Waals surface area contributed by atoms with Gasteiger partial charge in [-0.3, -0.25) is 4.79 Å². The molecule has 0 saturated carbocycles. The zero-order chi connectivity index (χ0) is 12.3. The summed E-state index contributed by atoms with van der Waals surface area (Å²) in [5.74, 6) is 0.559. The van der Waals surface area contributed by atoms with Crippen LogP contribution >= 0.6 is 0 Å². The van der Waals surface area contributed by atoms with E-state index in [1.165, 1.54) is 12.8 Å². The van der Waals surface area contributed by atoms with Crippen molar-refractivity contribution in [1.82, 2.24) is 5.32 Å². The summed E-state index contributed by atoms with van der Waals surface area (Å²) in [6.07, 6.45) is 4.95. The molecule has 100 valence electrons. The number of esters is 1. The van der Waals surface area contributed by atoms with Gasteiger partial charge in [0, 0.05) is 13.0 Å². The Hall–Kier alpha value is -0.610. The lowest BCUT2D eigenvalue weighted by Crippen LogP contribution is -2.30. The van der Waals surface area contributed by atoms with E-state index in [2.05, 4.69) is 12.2 Å². The molecule has 1 heterocycles. The standard InChI is InChI=1S/C13H25NO3/c1-2-8-16-9-10-17-13(15)6-5-12-4-3-7-14-11-12/h12,14H,2-11H2,1H3. The second-order valence-electron chi connectivity index (χ2n) is 4.58. The number of nitrogens with one attached hydrogen (secondary N) is 1. The molecule has 0 bridgehead atoms. The first-order valence-corrected chi connectivity index (χ1v) is 6.77. The molecule has 0 aromatic heterocycles.